The van der Waals surface area contributed by atoms with E-state index >= 15 is 0 Å². The second-order valence-electron chi connectivity index (χ2n) is 5.11. The van der Waals surface area contributed by atoms with Crippen molar-refractivity contribution < 1.29 is 0 Å². The van der Waals surface area contributed by atoms with Crippen molar-refractivity contribution in [3.8, 4) is 0 Å². The smallest absolute Gasteiger partial charge is 0.0670 e. The standard InChI is InChI=1S/C14H28N4/c1-6-8-11(3)18(5)14(9-15)12-10-17(4)16-13(12)7-2/h10-11,14H,6-9,15H2,1-5H3. The second kappa shape index (κ2) is 6.90. The number of aromatic nitrogens is 2. The molecule has 0 aromatic carbocycles. The van der Waals surface area contributed by atoms with Gasteiger partial charge in [0.2, 0.25) is 0 Å². The van der Waals surface area contributed by atoms with Crippen LogP contribution in [0.3, 0.4) is 0 Å². The van der Waals surface area contributed by atoms with Gasteiger partial charge in [0, 0.05) is 31.4 Å². The summed E-state index contributed by atoms with van der Waals surface area (Å²) in [5.41, 5.74) is 8.45. The Morgan fingerprint density at radius 2 is 2.11 bits per heavy atom. The monoisotopic (exact) mass is 252 g/mol. The number of aryl methyl sites for hydroxylation is 2. The highest BCUT2D eigenvalue weighted by Crippen LogP contribution is 2.24. The molecule has 1 heterocycles. The Morgan fingerprint density at radius 3 is 2.61 bits per heavy atom. The average Bonchev–Trinajstić information content (AvgIpc) is 2.71. The first-order valence-corrected chi connectivity index (χ1v) is 6.99. The maximum atomic E-state index is 5.99. The molecule has 0 amide bonds. The van der Waals surface area contributed by atoms with E-state index in [1.807, 2.05) is 11.7 Å². The summed E-state index contributed by atoms with van der Waals surface area (Å²) >= 11 is 0. The number of rotatable bonds is 7. The molecule has 0 aliphatic carbocycles. The molecule has 1 aromatic rings. The van der Waals surface area contributed by atoms with Crippen molar-refractivity contribution in [3.05, 3.63) is 17.5 Å². The molecule has 0 aliphatic rings. The molecule has 104 valence electrons. The number of hydrogen-bond acceptors (Lipinski definition) is 3. The van der Waals surface area contributed by atoms with Gasteiger partial charge in [0.1, 0.15) is 0 Å². The predicted octanol–water partition coefficient (Wildman–Crippen LogP) is 2.10. The largest absolute Gasteiger partial charge is 0.329 e. The first kappa shape index (κ1) is 15.2. The summed E-state index contributed by atoms with van der Waals surface area (Å²) in [7, 11) is 4.15. The van der Waals surface area contributed by atoms with Crippen molar-refractivity contribution in [2.75, 3.05) is 13.6 Å². The molecule has 1 rings (SSSR count). The Kier molecular flexibility index (Phi) is 5.82. The fraction of sp³-hybridized carbons (Fsp3) is 0.786. The van der Waals surface area contributed by atoms with Gasteiger partial charge in [-0.25, -0.2) is 0 Å². The molecule has 0 aliphatic heterocycles. The van der Waals surface area contributed by atoms with Gasteiger partial charge in [0.25, 0.3) is 0 Å². The summed E-state index contributed by atoms with van der Waals surface area (Å²) in [5.74, 6) is 0. The van der Waals surface area contributed by atoms with Crippen molar-refractivity contribution in [2.45, 2.75) is 52.1 Å². The zero-order chi connectivity index (χ0) is 13.7. The van der Waals surface area contributed by atoms with Crippen LogP contribution in [0.15, 0.2) is 6.20 Å². The van der Waals surface area contributed by atoms with Crippen LogP contribution in [0, 0.1) is 0 Å². The summed E-state index contributed by atoms with van der Waals surface area (Å²) < 4.78 is 1.90. The predicted molar refractivity (Wildman–Crippen MR) is 76.5 cm³/mol. The highest BCUT2D eigenvalue weighted by molar-refractivity contribution is 5.22. The van der Waals surface area contributed by atoms with Gasteiger partial charge in [0.15, 0.2) is 0 Å². The number of likely N-dealkylation sites (N-methyl/N-ethyl adjacent to an activating group) is 1. The average molecular weight is 252 g/mol. The number of hydrogen-bond donors (Lipinski definition) is 1. The maximum absolute atomic E-state index is 5.99. The van der Waals surface area contributed by atoms with Gasteiger partial charge in [-0.15, -0.1) is 0 Å². The van der Waals surface area contributed by atoms with E-state index in [-0.39, 0.29) is 6.04 Å². The van der Waals surface area contributed by atoms with Crippen molar-refractivity contribution >= 4 is 0 Å². The van der Waals surface area contributed by atoms with Crippen molar-refractivity contribution in [1.29, 1.82) is 0 Å². The highest BCUT2D eigenvalue weighted by atomic mass is 15.3. The van der Waals surface area contributed by atoms with Crippen LogP contribution in [-0.2, 0) is 13.5 Å². The molecule has 0 saturated carbocycles. The quantitative estimate of drug-likeness (QED) is 0.808. The number of nitrogens with zero attached hydrogens (tertiary/aromatic N) is 3. The lowest BCUT2D eigenvalue weighted by atomic mass is 10.0. The Hall–Kier alpha value is -0.870. The first-order valence-electron chi connectivity index (χ1n) is 6.99. The van der Waals surface area contributed by atoms with E-state index in [1.165, 1.54) is 24.1 Å². The van der Waals surface area contributed by atoms with E-state index in [4.69, 9.17) is 5.73 Å². The van der Waals surface area contributed by atoms with Crippen LogP contribution in [-0.4, -0.2) is 34.3 Å². The molecule has 1 aromatic heterocycles. The highest BCUT2D eigenvalue weighted by Gasteiger charge is 2.23. The Bertz CT molecular complexity index is 359. The van der Waals surface area contributed by atoms with Gasteiger partial charge >= 0.3 is 0 Å². The van der Waals surface area contributed by atoms with Gasteiger partial charge in [-0.3, -0.25) is 9.58 Å². The van der Waals surface area contributed by atoms with Gasteiger partial charge in [-0.1, -0.05) is 20.3 Å². The maximum Gasteiger partial charge on any atom is 0.0670 e. The molecule has 0 fully saturated rings. The lowest BCUT2D eigenvalue weighted by molar-refractivity contribution is 0.179. The minimum atomic E-state index is 0.273. The van der Waals surface area contributed by atoms with Gasteiger partial charge in [-0.05, 0) is 26.8 Å². The summed E-state index contributed by atoms with van der Waals surface area (Å²) in [6.45, 7) is 7.29. The minimum absolute atomic E-state index is 0.273. The SMILES string of the molecule is CCCC(C)N(C)C(CN)c1cn(C)nc1CC. The number of nitrogens with two attached hydrogens (primary N) is 1. The van der Waals surface area contributed by atoms with Crippen LogP contribution in [0.1, 0.15) is 50.9 Å². The zero-order valence-corrected chi connectivity index (χ0v) is 12.5. The van der Waals surface area contributed by atoms with E-state index in [0.717, 1.165) is 6.42 Å². The zero-order valence-electron chi connectivity index (χ0n) is 12.5. The second-order valence-corrected chi connectivity index (χ2v) is 5.11. The van der Waals surface area contributed by atoms with E-state index in [0.29, 0.717) is 12.6 Å². The molecule has 2 N–H and O–H groups in total. The topological polar surface area (TPSA) is 47.1 Å². The van der Waals surface area contributed by atoms with Crippen molar-refractivity contribution in [1.82, 2.24) is 14.7 Å². The lowest BCUT2D eigenvalue weighted by Crippen LogP contribution is -2.37. The van der Waals surface area contributed by atoms with Crippen molar-refractivity contribution in [2.24, 2.45) is 12.8 Å². The summed E-state index contributed by atoms with van der Waals surface area (Å²) in [4.78, 5) is 2.39. The molecular weight excluding hydrogens is 224 g/mol. The lowest BCUT2D eigenvalue weighted by Gasteiger charge is -2.32. The van der Waals surface area contributed by atoms with Crippen LogP contribution in [0.25, 0.3) is 0 Å². The van der Waals surface area contributed by atoms with Crippen LogP contribution in [0.5, 0.6) is 0 Å². The summed E-state index contributed by atoms with van der Waals surface area (Å²) in [5, 5.41) is 4.52. The first-order chi connectivity index (χ1) is 8.54. The molecule has 4 nitrogen and oxygen atoms in total. The van der Waals surface area contributed by atoms with Crippen LogP contribution < -0.4 is 5.73 Å². The normalized spacial score (nSPS) is 15.1. The Labute approximate surface area is 111 Å². The van der Waals surface area contributed by atoms with Crippen LogP contribution in [0.4, 0.5) is 0 Å². The molecule has 0 bridgehead atoms. The summed E-state index contributed by atoms with van der Waals surface area (Å²) in [6.07, 6.45) is 5.49. The third-order valence-corrected chi connectivity index (χ3v) is 3.75. The van der Waals surface area contributed by atoms with E-state index in [9.17, 15) is 0 Å². The molecular formula is C14H28N4. The molecule has 2 atom stereocenters. The molecule has 18 heavy (non-hydrogen) atoms. The summed E-state index contributed by atoms with van der Waals surface area (Å²) in [6, 6.07) is 0.823. The molecule has 0 spiro atoms. The minimum Gasteiger partial charge on any atom is -0.329 e. The Balaban J connectivity index is 2.94. The molecule has 4 heteroatoms. The third kappa shape index (κ3) is 3.33. The third-order valence-electron chi connectivity index (χ3n) is 3.75. The van der Waals surface area contributed by atoms with E-state index < -0.39 is 0 Å². The van der Waals surface area contributed by atoms with E-state index in [2.05, 4.69) is 44.0 Å². The van der Waals surface area contributed by atoms with Gasteiger partial charge < -0.3 is 5.73 Å². The molecule has 0 saturated heterocycles. The van der Waals surface area contributed by atoms with Gasteiger partial charge in [-0.2, -0.15) is 5.10 Å². The van der Waals surface area contributed by atoms with E-state index in [1.54, 1.807) is 0 Å². The molecule has 2 unspecified atom stereocenters. The van der Waals surface area contributed by atoms with Crippen LogP contribution in [0.2, 0.25) is 0 Å². The van der Waals surface area contributed by atoms with Gasteiger partial charge in [0.05, 0.1) is 11.7 Å². The van der Waals surface area contributed by atoms with Crippen LogP contribution >= 0.6 is 0 Å². The fourth-order valence-electron chi connectivity index (χ4n) is 2.55. The fourth-order valence-corrected chi connectivity index (χ4v) is 2.55. The Morgan fingerprint density at radius 1 is 1.44 bits per heavy atom. The van der Waals surface area contributed by atoms with Crippen molar-refractivity contribution in [3.63, 3.8) is 0 Å². The molecule has 0 radical (unpaired) electrons.